The van der Waals surface area contributed by atoms with Gasteiger partial charge < -0.3 is 24.8 Å². The van der Waals surface area contributed by atoms with Crippen LogP contribution in [0.15, 0.2) is 42.5 Å². The van der Waals surface area contributed by atoms with E-state index in [-0.39, 0.29) is 6.54 Å². The van der Waals surface area contributed by atoms with Gasteiger partial charge >= 0.3 is 0 Å². The average Bonchev–Trinajstić information content (AvgIpc) is 2.78. The topological polar surface area (TPSA) is 120 Å². The maximum absolute atomic E-state index is 12.5. The van der Waals surface area contributed by atoms with E-state index in [1.165, 1.54) is 28.3 Å². The molecular formula is C22H28N2O7S. The second-order valence-electron chi connectivity index (χ2n) is 6.96. The molecule has 2 rings (SSSR count). The van der Waals surface area contributed by atoms with Gasteiger partial charge in [-0.25, -0.2) is 8.42 Å². The van der Waals surface area contributed by atoms with E-state index in [0.717, 1.165) is 5.56 Å². The van der Waals surface area contributed by atoms with Crippen LogP contribution in [-0.4, -0.2) is 59.1 Å². The minimum absolute atomic E-state index is 0.228. The molecule has 0 aromatic heterocycles. The highest BCUT2D eigenvalue weighted by molar-refractivity contribution is 7.93. The Morgan fingerprint density at radius 3 is 2.19 bits per heavy atom. The van der Waals surface area contributed by atoms with E-state index in [1.807, 2.05) is 6.07 Å². The molecule has 2 aromatic carbocycles. The van der Waals surface area contributed by atoms with Crippen LogP contribution in [0, 0.1) is 0 Å². The van der Waals surface area contributed by atoms with Gasteiger partial charge in [0.15, 0.2) is 21.3 Å². The van der Waals surface area contributed by atoms with Crippen LogP contribution in [0.3, 0.4) is 0 Å². The van der Waals surface area contributed by atoms with Crippen LogP contribution in [0.1, 0.15) is 12.5 Å². The summed E-state index contributed by atoms with van der Waals surface area (Å²) >= 11 is 0. The molecule has 1 unspecified atom stereocenters. The summed E-state index contributed by atoms with van der Waals surface area (Å²) in [6.07, 6.45) is 0.469. The highest BCUT2D eigenvalue weighted by atomic mass is 32.2. The van der Waals surface area contributed by atoms with Crippen molar-refractivity contribution >= 4 is 27.3 Å². The van der Waals surface area contributed by atoms with Crippen molar-refractivity contribution in [2.24, 2.45) is 0 Å². The fraction of sp³-hybridized carbons (Fsp3) is 0.364. The summed E-state index contributed by atoms with van der Waals surface area (Å²) in [4.78, 5) is 24.5. The van der Waals surface area contributed by atoms with Gasteiger partial charge in [0.25, 0.3) is 0 Å². The smallest absolute Gasteiger partial charge is 0.239 e. The summed E-state index contributed by atoms with van der Waals surface area (Å²) in [5.41, 5.74) is 1.32. The lowest BCUT2D eigenvalue weighted by Gasteiger charge is -2.14. The number of benzene rings is 2. The van der Waals surface area contributed by atoms with Crippen LogP contribution in [0.2, 0.25) is 0 Å². The molecule has 2 amide bonds. The average molecular weight is 465 g/mol. The van der Waals surface area contributed by atoms with Crippen LogP contribution in [0.25, 0.3) is 0 Å². The molecule has 9 nitrogen and oxygen atoms in total. The van der Waals surface area contributed by atoms with Gasteiger partial charge in [0, 0.05) is 12.2 Å². The fourth-order valence-corrected chi connectivity index (χ4v) is 3.95. The number of hydrogen-bond acceptors (Lipinski definition) is 7. The number of rotatable bonds is 11. The van der Waals surface area contributed by atoms with Gasteiger partial charge in [0.05, 0.1) is 21.3 Å². The Morgan fingerprint density at radius 1 is 0.938 bits per heavy atom. The van der Waals surface area contributed by atoms with Crippen molar-refractivity contribution in [3.63, 3.8) is 0 Å². The first-order chi connectivity index (χ1) is 15.2. The van der Waals surface area contributed by atoms with E-state index in [4.69, 9.17) is 14.2 Å². The van der Waals surface area contributed by atoms with Crippen LogP contribution in [-0.2, 0) is 25.8 Å². The Labute approximate surface area is 188 Å². The van der Waals surface area contributed by atoms with Crippen molar-refractivity contribution in [1.82, 2.24) is 5.32 Å². The maximum atomic E-state index is 12.5. The molecule has 10 heteroatoms. The van der Waals surface area contributed by atoms with Crippen molar-refractivity contribution in [2.75, 3.05) is 38.9 Å². The molecule has 0 saturated heterocycles. The number of anilines is 1. The molecule has 2 N–H and O–H groups in total. The zero-order valence-electron chi connectivity index (χ0n) is 18.5. The Morgan fingerprint density at radius 2 is 1.59 bits per heavy atom. The van der Waals surface area contributed by atoms with E-state index >= 15 is 0 Å². The number of nitrogens with one attached hydrogen (secondary N) is 2. The summed E-state index contributed by atoms with van der Waals surface area (Å²) in [7, 11) is 0.590. The Hall–Kier alpha value is -3.27. The third-order valence-electron chi connectivity index (χ3n) is 4.77. The normalized spacial score (nSPS) is 11.9. The standard InChI is InChI=1S/C22H28N2O7S/c1-15(22(26)23-12-11-16-5-10-19(30-3)20(13-16)31-4)32(27,28)14-21(25)24-17-6-8-18(29-2)9-7-17/h5-10,13,15H,11-12,14H2,1-4H3,(H,23,26)(H,24,25). The van der Waals surface area contributed by atoms with E-state index in [1.54, 1.807) is 36.4 Å². The lowest BCUT2D eigenvalue weighted by Crippen LogP contribution is -2.41. The lowest BCUT2D eigenvalue weighted by molar-refractivity contribution is -0.120. The molecule has 0 aliphatic rings. The molecule has 32 heavy (non-hydrogen) atoms. The molecule has 0 spiro atoms. The van der Waals surface area contributed by atoms with Gasteiger partial charge in [0.2, 0.25) is 11.8 Å². The van der Waals surface area contributed by atoms with Crippen molar-refractivity contribution in [3.8, 4) is 17.2 Å². The number of methoxy groups -OCH3 is 3. The first-order valence-electron chi connectivity index (χ1n) is 9.84. The van der Waals surface area contributed by atoms with E-state index < -0.39 is 32.7 Å². The van der Waals surface area contributed by atoms with Crippen molar-refractivity contribution in [1.29, 1.82) is 0 Å². The van der Waals surface area contributed by atoms with Gasteiger partial charge in [-0.3, -0.25) is 9.59 Å². The first kappa shape index (κ1) is 25.0. The lowest BCUT2D eigenvalue weighted by atomic mass is 10.1. The highest BCUT2D eigenvalue weighted by Crippen LogP contribution is 2.27. The molecule has 0 heterocycles. The first-order valence-corrected chi connectivity index (χ1v) is 11.6. The third kappa shape index (κ3) is 6.88. The van der Waals surface area contributed by atoms with Crippen LogP contribution in [0.5, 0.6) is 17.2 Å². The molecule has 0 fully saturated rings. The summed E-state index contributed by atoms with van der Waals surface area (Å²) in [5.74, 6) is -0.427. The van der Waals surface area contributed by atoms with Crippen LogP contribution < -0.4 is 24.8 Å². The van der Waals surface area contributed by atoms with Gasteiger partial charge in [0.1, 0.15) is 16.8 Å². The van der Waals surface area contributed by atoms with E-state index in [9.17, 15) is 18.0 Å². The molecule has 0 aliphatic heterocycles. The van der Waals surface area contributed by atoms with E-state index in [0.29, 0.717) is 29.4 Å². The van der Waals surface area contributed by atoms with Gasteiger partial charge in [-0.15, -0.1) is 0 Å². The van der Waals surface area contributed by atoms with Gasteiger partial charge in [-0.05, 0) is 55.3 Å². The fourth-order valence-electron chi connectivity index (χ4n) is 2.85. The second-order valence-corrected chi connectivity index (χ2v) is 9.28. The monoisotopic (exact) mass is 464 g/mol. The van der Waals surface area contributed by atoms with Gasteiger partial charge in [-0.2, -0.15) is 0 Å². The van der Waals surface area contributed by atoms with Gasteiger partial charge in [-0.1, -0.05) is 6.07 Å². The van der Waals surface area contributed by atoms with Crippen LogP contribution >= 0.6 is 0 Å². The Bertz CT molecular complexity index is 1040. The summed E-state index contributed by atoms with van der Waals surface area (Å²) in [5, 5.41) is 3.74. The molecule has 2 aromatic rings. The number of hydrogen-bond donors (Lipinski definition) is 2. The highest BCUT2D eigenvalue weighted by Gasteiger charge is 2.30. The van der Waals surface area contributed by atoms with Crippen molar-refractivity contribution in [2.45, 2.75) is 18.6 Å². The predicted molar refractivity (Wildman–Crippen MR) is 121 cm³/mol. The molecule has 0 aliphatic carbocycles. The molecule has 0 bridgehead atoms. The minimum Gasteiger partial charge on any atom is -0.497 e. The Balaban J connectivity index is 1.87. The Kier molecular flexibility index (Phi) is 8.89. The number of amides is 2. The summed E-state index contributed by atoms with van der Waals surface area (Å²) < 4.78 is 40.4. The molecule has 0 radical (unpaired) electrons. The number of sulfone groups is 1. The number of carbonyl (C=O) groups excluding carboxylic acids is 2. The largest absolute Gasteiger partial charge is 0.497 e. The van der Waals surface area contributed by atoms with Crippen molar-refractivity contribution < 1.29 is 32.2 Å². The van der Waals surface area contributed by atoms with E-state index in [2.05, 4.69) is 10.6 Å². The number of ether oxygens (including phenoxy) is 3. The quantitative estimate of drug-likeness (QED) is 0.520. The second kappa shape index (κ2) is 11.4. The van der Waals surface area contributed by atoms with Crippen LogP contribution in [0.4, 0.5) is 5.69 Å². The van der Waals surface area contributed by atoms with Crippen molar-refractivity contribution in [3.05, 3.63) is 48.0 Å². The molecule has 1 atom stereocenters. The minimum atomic E-state index is -3.99. The molecule has 174 valence electrons. The maximum Gasteiger partial charge on any atom is 0.239 e. The zero-order valence-corrected chi connectivity index (χ0v) is 19.3. The SMILES string of the molecule is COc1ccc(NC(=O)CS(=O)(=O)C(C)C(=O)NCCc2ccc(OC)c(OC)c2)cc1. The number of carbonyl (C=O) groups is 2. The third-order valence-corrected chi connectivity index (χ3v) is 6.73. The summed E-state index contributed by atoms with van der Waals surface area (Å²) in [6.45, 7) is 1.49. The zero-order chi connectivity index (χ0) is 23.7. The molecule has 0 saturated carbocycles. The molecular weight excluding hydrogens is 436 g/mol. The predicted octanol–water partition coefficient (Wildman–Crippen LogP) is 1.81. The summed E-state index contributed by atoms with van der Waals surface area (Å²) in [6, 6.07) is 11.8.